The highest BCUT2D eigenvalue weighted by Gasteiger charge is 2.30. The first-order valence-corrected chi connectivity index (χ1v) is 6.75. The molecule has 1 aliphatic carbocycles. The van der Waals surface area contributed by atoms with E-state index in [1.807, 2.05) is 0 Å². The molecule has 1 N–H and O–H groups in total. The Bertz CT molecular complexity index is 833. The summed E-state index contributed by atoms with van der Waals surface area (Å²) in [7, 11) is 0. The molecule has 0 radical (unpaired) electrons. The van der Waals surface area contributed by atoms with Crippen molar-refractivity contribution in [3.63, 3.8) is 0 Å². The molecule has 1 heterocycles. The quantitative estimate of drug-likeness (QED) is 0.761. The molecule has 3 rings (SSSR count). The molecule has 3 nitrogen and oxygen atoms in total. The Morgan fingerprint density at radius 3 is 2.43 bits per heavy atom. The third-order valence-electron chi connectivity index (χ3n) is 3.45. The molecule has 0 amide bonds. The van der Waals surface area contributed by atoms with Crippen LogP contribution in [0.15, 0.2) is 52.9 Å². The van der Waals surface area contributed by atoms with Gasteiger partial charge in [-0.05, 0) is 29.8 Å². The highest BCUT2D eigenvalue weighted by atomic mass is 19.4. The molecular weight excluding hydrogens is 309 g/mol. The molecule has 1 aromatic rings. The lowest BCUT2D eigenvalue weighted by atomic mass is 9.99. The lowest BCUT2D eigenvalue weighted by Gasteiger charge is -2.13. The van der Waals surface area contributed by atoms with Gasteiger partial charge in [-0.1, -0.05) is 24.3 Å². The summed E-state index contributed by atoms with van der Waals surface area (Å²) in [4.78, 5) is 11.0. The van der Waals surface area contributed by atoms with Crippen molar-refractivity contribution in [2.45, 2.75) is 12.6 Å². The maximum atomic E-state index is 12.9. The van der Waals surface area contributed by atoms with Gasteiger partial charge in [-0.2, -0.15) is 13.2 Å². The van der Waals surface area contributed by atoms with Crippen LogP contribution in [0.5, 0.6) is 0 Å². The highest BCUT2D eigenvalue weighted by molar-refractivity contribution is 5.78. The van der Waals surface area contributed by atoms with Crippen molar-refractivity contribution in [1.82, 2.24) is 0 Å². The Kier molecular flexibility index (Phi) is 3.60. The van der Waals surface area contributed by atoms with E-state index in [9.17, 15) is 18.0 Å². The molecule has 23 heavy (non-hydrogen) atoms. The van der Waals surface area contributed by atoms with E-state index in [2.05, 4.69) is 0 Å². The number of fused-ring (bicyclic) bond motifs is 1. The van der Waals surface area contributed by atoms with E-state index in [4.69, 9.17) is 9.52 Å². The average Bonchev–Trinajstić information content (AvgIpc) is 2.92. The summed E-state index contributed by atoms with van der Waals surface area (Å²) in [5.74, 6) is -0.500. The molecule has 0 atom stereocenters. The third-order valence-corrected chi connectivity index (χ3v) is 3.45. The molecule has 1 aromatic carbocycles. The first kappa shape index (κ1) is 15.1. The first-order valence-electron chi connectivity index (χ1n) is 6.75. The zero-order valence-corrected chi connectivity index (χ0v) is 11.7. The lowest BCUT2D eigenvalue weighted by Crippen LogP contribution is -2.06. The molecule has 118 valence electrons. The molecule has 1 aliphatic heterocycles. The van der Waals surface area contributed by atoms with Crippen LogP contribution in [0, 0.1) is 0 Å². The predicted molar refractivity (Wildman–Crippen MR) is 77.1 cm³/mol. The zero-order valence-electron chi connectivity index (χ0n) is 11.7. The average molecular weight is 320 g/mol. The summed E-state index contributed by atoms with van der Waals surface area (Å²) in [6.07, 6.45) is -4.88. The van der Waals surface area contributed by atoms with E-state index < -0.39 is 24.1 Å². The Hall–Kier alpha value is -2.76. The summed E-state index contributed by atoms with van der Waals surface area (Å²) >= 11 is 0. The summed E-state index contributed by atoms with van der Waals surface area (Å²) in [6, 6.07) is 11.6. The minimum atomic E-state index is -4.47. The molecule has 0 saturated carbocycles. The fourth-order valence-electron chi connectivity index (χ4n) is 2.43. The smallest absolute Gasteiger partial charge is 0.416 e. The van der Waals surface area contributed by atoms with Crippen molar-refractivity contribution in [2.75, 3.05) is 0 Å². The van der Waals surface area contributed by atoms with Crippen molar-refractivity contribution in [3.8, 4) is 22.5 Å². The van der Waals surface area contributed by atoms with Gasteiger partial charge in [-0.15, -0.1) is 0 Å². The van der Waals surface area contributed by atoms with Crippen LogP contribution in [0.2, 0.25) is 0 Å². The summed E-state index contributed by atoms with van der Waals surface area (Å²) < 4.78 is 44.2. The predicted octanol–water partition coefficient (Wildman–Crippen LogP) is 4.70. The van der Waals surface area contributed by atoms with Gasteiger partial charge in [0.05, 0.1) is 5.56 Å². The second kappa shape index (κ2) is 5.46. The number of benzene rings is 1. The molecule has 2 aliphatic rings. The van der Waals surface area contributed by atoms with E-state index >= 15 is 0 Å². The molecule has 0 spiro atoms. The Morgan fingerprint density at radius 1 is 1.04 bits per heavy atom. The van der Waals surface area contributed by atoms with Crippen molar-refractivity contribution in [2.24, 2.45) is 0 Å². The molecule has 0 bridgehead atoms. The van der Waals surface area contributed by atoms with Gasteiger partial charge < -0.3 is 9.52 Å². The van der Waals surface area contributed by atoms with Gasteiger partial charge in [0.1, 0.15) is 17.9 Å². The number of alkyl halides is 3. The molecule has 6 heteroatoms. The maximum Gasteiger partial charge on any atom is 0.416 e. The standard InChI is InChI=1S/C17H11F3O3/c18-17(19,20)12-5-1-3-10(7-12)13-8-11-4-2-6-14(11)23-15(13)9-16(21)22/h1-8H,9H2,(H,21,22). The summed E-state index contributed by atoms with van der Waals surface area (Å²) in [5.41, 5.74) is 0.519. The van der Waals surface area contributed by atoms with Crippen LogP contribution in [0.4, 0.5) is 13.2 Å². The van der Waals surface area contributed by atoms with E-state index in [0.717, 1.165) is 12.1 Å². The molecule has 0 saturated heterocycles. The van der Waals surface area contributed by atoms with Gasteiger partial charge in [0.25, 0.3) is 0 Å². The van der Waals surface area contributed by atoms with Crippen LogP contribution in [-0.2, 0) is 17.4 Å². The molecule has 0 unspecified atom stereocenters. The van der Waals surface area contributed by atoms with Crippen LogP contribution in [0.1, 0.15) is 11.3 Å². The van der Waals surface area contributed by atoms with E-state index in [0.29, 0.717) is 16.9 Å². The summed E-state index contributed by atoms with van der Waals surface area (Å²) in [6.45, 7) is 0. The third kappa shape index (κ3) is 3.06. The van der Waals surface area contributed by atoms with Crippen LogP contribution < -0.4 is 0 Å². The van der Waals surface area contributed by atoms with Gasteiger partial charge in [0, 0.05) is 11.1 Å². The van der Waals surface area contributed by atoms with Crippen LogP contribution in [-0.4, -0.2) is 11.1 Å². The number of carboxylic acids is 1. The van der Waals surface area contributed by atoms with Crippen molar-refractivity contribution < 1.29 is 27.5 Å². The molecular formula is C17H11F3O3. The van der Waals surface area contributed by atoms with Gasteiger partial charge in [0.2, 0.25) is 0 Å². The Morgan fingerprint density at radius 2 is 1.74 bits per heavy atom. The van der Waals surface area contributed by atoms with Crippen LogP contribution in [0.25, 0.3) is 22.5 Å². The van der Waals surface area contributed by atoms with Gasteiger partial charge in [-0.3, -0.25) is 4.79 Å². The largest absolute Gasteiger partial charge is 0.481 e. The fraction of sp³-hybridized carbons (Fsp3) is 0.118. The molecule has 0 aromatic heterocycles. The fourth-order valence-corrected chi connectivity index (χ4v) is 2.43. The minimum absolute atomic E-state index is 0.121. The number of halogens is 3. The number of carboxylic acid groups (broad SMARTS) is 1. The SMILES string of the molecule is O=C(O)Cc1oc2cccc-2cc1-c1cccc(C(F)(F)F)c1. The van der Waals surface area contributed by atoms with E-state index in [1.54, 1.807) is 24.3 Å². The maximum absolute atomic E-state index is 12.9. The Labute approximate surface area is 129 Å². The van der Waals surface area contributed by atoms with Crippen molar-refractivity contribution >= 4 is 5.97 Å². The number of aliphatic carboxylic acids is 1. The van der Waals surface area contributed by atoms with Crippen molar-refractivity contribution in [3.05, 3.63) is 59.9 Å². The topological polar surface area (TPSA) is 50.4 Å². The van der Waals surface area contributed by atoms with Crippen LogP contribution in [0.3, 0.4) is 0 Å². The lowest BCUT2D eigenvalue weighted by molar-refractivity contribution is -0.138. The van der Waals surface area contributed by atoms with Crippen LogP contribution >= 0.6 is 0 Å². The summed E-state index contributed by atoms with van der Waals surface area (Å²) in [5, 5.41) is 9.00. The van der Waals surface area contributed by atoms with E-state index in [-0.39, 0.29) is 11.3 Å². The highest BCUT2D eigenvalue weighted by Crippen LogP contribution is 2.36. The van der Waals surface area contributed by atoms with E-state index in [1.165, 1.54) is 12.1 Å². The normalized spacial score (nSPS) is 11.8. The zero-order chi connectivity index (χ0) is 16.6. The van der Waals surface area contributed by atoms with Crippen molar-refractivity contribution in [1.29, 1.82) is 0 Å². The minimum Gasteiger partial charge on any atom is -0.481 e. The number of rotatable bonds is 3. The second-order valence-corrected chi connectivity index (χ2v) is 5.08. The number of hydrogen-bond acceptors (Lipinski definition) is 2. The monoisotopic (exact) mass is 320 g/mol. The number of carbonyl (C=O) groups is 1. The Balaban J connectivity index is 2.18. The molecule has 0 fully saturated rings. The number of hydrogen-bond donors (Lipinski definition) is 1. The van der Waals surface area contributed by atoms with Gasteiger partial charge in [0.15, 0.2) is 0 Å². The van der Waals surface area contributed by atoms with Gasteiger partial charge in [-0.25, -0.2) is 0 Å². The van der Waals surface area contributed by atoms with Gasteiger partial charge >= 0.3 is 12.1 Å². The second-order valence-electron chi connectivity index (χ2n) is 5.08. The first-order chi connectivity index (χ1) is 10.8.